The number of hydrogen-bond acceptors (Lipinski definition) is 6. The number of esters is 1. The van der Waals surface area contributed by atoms with Gasteiger partial charge in [0, 0.05) is 7.05 Å². The predicted molar refractivity (Wildman–Crippen MR) is 76.6 cm³/mol. The molecule has 0 bridgehead atoms. The first-order chi connectivity index (χ1) is 10.3. The first kappa shape index (κ1) is 15.7. The van der Waals surface area contributed by atoms with E-state index in [9.17, 15) is 19.2 Å². The maximum absolute atomic E-state index is 12.5. The molecule has 0 N–H and O–H groups in total. The van der Waals surface area contributed by atoms with Crippen LogP contribution in [0.15, 0.2) is 15.9 Å². The summed E-state index contributed by atoms with van der Waals surface area (Å²) in [7, 11) is 2.68. The molecule has 0 aromatic carbocycles. The lowest BCUT2D eigenvalue weighted by Crippen LogP contribution is -2.41. The third-order valence-electron chi connectivity index (χ3n) is 3.40. The monoisotopic (exact) mass is 308 g/mol. The Morgan fingerprint density at radius 2 is 2.00 bits per heavy atom. The minimum atomic E-state index is -0.786. The smallest absolute Gasteiger partial charge is 0.332 e. The van der Waals surface area contributed by atoms with Crippen LogP contribution in [0, 0.1) is 0 Å². The maximum Gasteiger partial charge on any atom is 0.332 e. The van der Waals surface area contributed by atoms with Crippen LogP contribution >= 0.6 is 0 Å². The second kappa shape index (κ2) is 5.58. The fourth-order valence-corrected chi connectivity index (χ4v) is 2.23. The van der Waals surface area contributed by atoms with Gasteiger partial charge in [0.25, 0.3) is 5.56 Å². The molecule has 118 valence electrons. The van der Waals surface area contributed by atoms with Gasteiger partial charge in [0.2, 0.25) is 0 Å². The van der Waals surface area contributed by atoms with Gasteiger partial charge < -0.3 is 9.30 Å². The van der Waals surface area contributed by atoms with E-state index in [1.807, 2.05) is 0 Å². The van der Waals surface area contributed by atoms with Gasteiger partial charge in [-0.3, -0.25) is 18.7 Å². The standard InChI is InChI=1S/C13H16N4O5/c1-7(18)5-16-11(19)9-10(15(3)13(16)21)14-6-17(9)8(2)12(20)22-4/h6,8H,5H2,1-4H3/t8-/m0/s1. The second-order valence-corrected chi connectivity index (χ2v) is 4.96. The number of fused-ring (bicyclic) bond motifs is 1. The quantitative estimate of drug-likeness (QED) is 0.686. The largest absolute Gasteiger partial charge is 0.467 e. The fraction of sp³-hybridized carbons (Fsp3) is 0.462. The van der Waals surface area contributed by atoms with Gasteiger partial charge in [-0.2, -0.15) is 0 Å². The summed E-state index contributed by atoms with van der Waals surface area (Å²) >= 11 is 0. The van der Waals surface area contributed by atoms with Gasteiger partial charge in [0.15, 0.2) is 11.2 Å². The van der Waals surface area contributed by atoms with Crippen molar-refractivity contribution in [3.8, 4) is 0 Å². The summed E-state index contributed by atoms with van der Waals surface area (Å²) in [5.74, 6) is -0.878. The molecule has 0 saturated carbocycles. The van der Waals surface area contributed by atoms with Crippen molar-refractivity contribution in [2.24, 2.45) is 7.05 Å². The number of carbonyl (C=O) groups excluding carboxylic acids is 2. The van der Waals surface area contributed by atoms with Crippen LogP contribution in [0.5, 0.6) is 0 Å². The molecule has 2 rings (SSSR count). The highest BCUT2D eigenvalue weighted by molar-refractivity contribution is 5.79. The Morgan fingerprint density at radius 1 is 1.36 bits per heavy atom. The van der Waals surface area contributed by atoms with E-state index in [1.165, 1.54) is 36.5 Å². The van der Waals surface area contributed by atoms with Gasteiger partial charge >= 0.3 is 11.7 Å². The Bertz CT molecular complexity index is 873. The Hall–Kier alpha value is -2.71. The van der Waals surface area contributed by atoms with Crippen LogP contribution < -0.4 is 11.2 Å². The van der Waals surface area contributed by atoms with Crippen molar-refractivity contribution in [2.45, 2.75) is 26.4 Å². The summed E-state index contributed by atoms with van der Waals surface area (Å²) in [6.45, 7) is 2.50. The van der Waals surface area contributed by atoms with Crippen LogP contribution in [-0.2, 0) is 27.9 Å². The minimum absolute atomic E-state index is 0.0706. The highest BCUT2D eigenvalue weighted by Crippen LogP contribution is 2.14. The lowest BCUT2D eigenvalue weighted by atomic mass is 10.3. The van der Waals surface area contributed by atoms with E-state index >= 15 is 0 Å². The van der Waals surface area contributed by atoms with Crippen molar-refractivity contribution in [2.75, 3.05) is 7.11 Å². The van der Waals surface area contributed by atoms with Crippen molar-refractivity contribution in [3.63, 3.8) is 0 Å². The Labute approximate surface area is 124 Å². The molecule has 0 spiro atoms. The van der Waals surface area contributed by atoms with Crippen molar-refractivity contribution in [1.29, 1.82) is 0 Å². The number of hydrogen-bond donors (Lipinski definition) is 0. The van der Waals surface area contributed by atoms with Gasteiger partial charge in [-0.1, -0.05) is 0 Å². The zero-order chi connectivity index (χ0) is 16.6. The summed E-state index contributed by atoms with van der Waals surface area (Å²) in [4.78, 5) is 51.6. The molecule has 0 fully saturated rings. The molecule has 0 radical (unpaired) electrons. The number of carbonyl (C=O) groups is 2. The van der Waals surface area contributed by atoms with Gasteiger partial charge in [-0.25, -0.2) is 14.6 Å². The highest BCUT2D eigenvalue weighted by atomic mass is 16.5. The molecular weight excluding hydrogens is 292 g/mol. The van der Waals surface area contributed by atoms with Crippen LogP contribution in [0.3, 0.4) is 0 Å². The molecule has 0 aliphatic carbocycles. The Morgan fingerprint density at radius 3 is 2.55 bits per heavy atom. The first-order valence-corrected chi connectivity index (χ1v) is 6.53. The third kappa shape index (κ3) is 2.34. The molecule has 1 atom stereocenters. The lowest BCUT2D eigenvalue weighted by Gasteiger charge is -2.12. The molecule has 0 saturated heterocycles. The van der Waals surface area contributed by atoms with E-state index in [-0.39, 0.29) is 23.5 Å². The van der Waals surface area contributed by atoms with Crippen molar-refractivity contribution in [1.82, 2.24) is 18.7 Å². The van der Waals surface area contributed by atoms with E-state index in [0.29, 0.717) is 0 Å². The van der Waals surface area contributed by atoms with Crippen molar-refractivity contribution < 1.29 is 14.3 Å². The van der Waals surface area contributed by atoms with Gasteiger partial charge in [-0.15, -0.1) is 0 Å². The zero-order valence-corrected chi connectivity index (χ0v) is 12.7. The molecule has 0 amide bonds. The van der Waals surface area contributed by atoms with Crippen LogP contribution in [0.2, 0.25) is 0 Å². The van der Waals surface area contributed by atoms with Gasteiger partial charge in [-0.05, 0) is 13.8 Å². The average molecular weight is 308 g/mol. The number of ether oxygens (including phenoxy) is 1. The second-order valence-electron chi connectivity index (χ2n) is 4.96. The molecule has 9 heteroatoms. The van der Waals surface area contributed by atoms with Crippen LogP contribution in [0.1, 0.15) is 19.9 Å². The van der Waals surface area contributed by atoms with Gasteiger partial charge in [0.05, 0.1) is 20.0 Å². The molecule has 0 unspecified atom stereocenters. The average Bonchev–Trinajstić information content (AvgIpc) is 2.92. The summed E-state index contributed by atoms with van der Waals surface area (Å²) in [5.41, 5.74) is -1.09. The molecule has 2 aromatic heterocycles. The zero-order valence-electron chi connectivity index (χ0n) is 12.7. The van der Waals surface area contributed by atoms with Crippen LogP contribution in [0.4, 0.5) is 0 Å². The van der Waals surface area contributed by atoms with Crippen LogP contribution in [-0.4, -0.2) is 37.5 Å². The highest BCUT2D eigenvalue weighted by Gasteiger charge is 2.23. The Balaban J connectivity index is 2.82. The number of aryl methyl sites for hydroxylation is 1. The normalized spacial score (nSPS) is 12.4. The SMILES string of the molecule is COC(=O)[C@H](C)n1cnc2c1c(=O)n(CC(C)=O)c(=O)n2C. The predicted octanol–water partition coefficient (Wildman–Crippen LogP) is -0.780. The van der Waals surface area contributed by atoms with Gasteiger partial charge in [0.1, 0.15) is 11.8 Å². The molecule has 2 aromatic rings. The number of Topliss-reactive ketones (excluding diaryl/α,β-unsaturated/α-hetero) is 1. The van der Waals surface area contributed by atoms with E-state index in [2.05, 4.69) is 9.72 Å². The summed E-state index contributed by atoms with van der Waals surface area (Å²) in [6.07, 6.45) is 1.30. The van der Waals surface area contributed by atoms with Crippen molar-refractivity contribution in [3.05, 3.63) is 27.2 Å². The topological polar surface area (TPSA) is 105 Å². The third-order valence-corrected chi connectivity index (χ3v) is 3.40. The number of ketones is 1. The van der Waals surface area contributed by atoms with Crippen molar-refractivity contribution >= 4 is 22.9 Å². The van der Waals surface area contributed by atoms with E-state index in [0.717, 1.165) is 4.57 Å². The van der Waals surface area contributed by atoms with E-state index in [4.69, 9.17) is 0 Å². The number of imidazole rings is 1. The molecule has 2 heterocycles. The van der Waals surface area contributed by atoms with Crippen LogP contribution in [0.25, 0.3) is 11.2 Å². The lowest BCUT2D eigenvalue weighted by molar-refractivity contribution is -0.143. The molecule has 22 heavy (non-hydrogen) atoms. The first-order valence-electron chi connectivity index (χ1n) is 6.53. The molecular formula is C13H16N4O5. The Kier molecular flexibility index (Phi) is 3.98. The number of methoxy groups -OCH3 is 1. The minimum Gasteiger partial charge on any atom is -0.467 e. The summed E-state index contributed by atoms with van der Waals surface area (Å²) in [5, 5.41) is 0. The van der Waals surface area contributed by atoms with E-state index < -0.39 is 23.3 Å². The maximum atomic E-state index is 12.5. The molecule has 0 aliphatic rings. The molecule has 9 nitrogen and oxygen atoms in total. The number of rotatable bonds is 4. The molecule has 0 aliphatic heterocycles. The fourth-order valence-electron chi connectivity index (χ4n) is 2.23. The van der Waals surface area contributed by atoms with E-state index in [1.54, 1.807) is 6.92 Å². The number of nitrogens with zero attached hydrogens (tertiary/aromatic N) is 4. The summed E-state index contributed by atoms with van der Waals surface area (Å²) < 4.78 is 7.98. The summed E-state index contributed by atoms with van der Waals surface area (Å²) in [6, 6.07) is -0.786. The number of aromatic nitrogens is 4.